The summed E-state index contributed by atoms with van der Waals surface area (Å²) in [6.07, 6.45) is 7.55. The molecule has 1 aliphatic rings. The molecule has 1 fully saturated rings. The van der Waals surface area contributed by atoms with Crippen molar-refractivity contribution in [2.24, 2.45) is 0 Å². The van der Waals surface area contributed by atoms with Crippen molar-refractivity contribution in [3.05, 3.63) is 33.8 Å². The Labute approximate surface area is 87.9 Å². The third-order valence-electron chi connectivity index (χ3n) is 2.44. The zero-order valence-electron chi connectivity index (χ0n) is 6.98. The van der Waals surface area contributed by atoms with Gasteiger partial charge in [0.1, 0.15) is 0 Å². The quantitative estimate of drug-likeness (QED) is 0.622. The van der Waals surface area contributed by atoms with Gasteiger partial charge in [0.15, 0.2) is 0 Å². The van der Waals surface area contributed by atoms with Gasteiger partial charge >= 0.3 is 0 Å². The van der Waals surface area contributed by atoms with E-state index in [1.165, 1.54) is 0 Å². The van der Waals surface area contributed by atoms with E-state index in [9.17, 15) is 0 Å². The first-order valence-electron chi connectivity index (χ1n) is 4.11. The van der Waals surface area contributed by atoms with Gasteiger partial charge in [-0.1, -0.05) is 29.1 Å². The maximum atomic E-state index is 5.89. The Hall–Kier alpha value is -0.640. The summed E-state index contributed by atoms with van der Waals surface area (Å²) in [6.45, 7) is 0. The Morgan fingerprint density at radius 3 is 2.08 bits per heavy atom. The molecule has 0 radical (unpaired) electrons. The second kappa shape index (κ2) is 2.94. The highest BCUT2D eigenvalue weighted by molar-refractivity contribution is 6.34. The smallest absolute Gasteiger partial charge is 0.0562 e. The molecule has 0 aromatic heterocycles. The highest BCUT2D eigenvalue weighted by Crippen LogP contribution is 2.48. The number of benzene rings is 1. The molecule has 0 atom stereocenters. The van der Waals surface area contributed by atoms with Gasteiger partial charge in [0.05, 0.1) is 5.41 Å². The van der Waals surface area contributed by atoms with Crippen LogP contribution in [0.4, 0.5) is 0 Å². The third-order valence-corrected chi connectivity index (χ3v) is 2.88. The maximum absolute atomic E-state index is 5.89. The molecule has 1 saturated carbocycles. The molecule has 0 aliphatic heterocycles. The Kier molecular flexibility index (Phi) is 2.02. The van der Waals surface area contributed by atoms with Crippen molar-refractivity contribution in [2.45, 2.75) is 18.3 Å². The average molecular weight is 211 g/mol. The Bertz CT molecular complexity index is 363. The van der Waals surface area contributed by atoms with Gasteiger partial charge in [-0.25, -0.2) is 0 Å². The van der Waals surface area contributed by atoms with Gasteiger partial charge in [-0.15, -0.1) is 6.42 Å². The van der Waals surface area contributed by atoms with Crippen molar-refractivity contribution in [3.8, 4) is 12.3 Å². The predicted octanol–water partition coefficient (Wildman–Crippen LogP) is 3.66. The van der Waals surface area contributed by atoms with Crippen molar-refractivity contribution in [3.63, 3.8) is 0 Å². The second-order valence-corrected chi connectivity index (χ2v) is 4.26. The summed E-state index contributed by atoms with van der Waals surface area (Å²) < 4.78 is 0. The molecule has 1 aromatic carbocycles. The van der Waals surface area contributed by atoms with Crippen LogP contribution in [0.15, 0.2) is 18.2 Å². The molecule has 0 heterocycles. The molecular formula is C11H8Cl2. The molecule has 1 aromatic rings. The van der Waals surface area contributed by atoms with E-state index in [1.54, 1.807) is 6.07 Å². The highest BCUT2D eigenvalue weighted by Gasteiger charge is 2.42. The fourth-order valence-corrected chi connectivity index (χ4v) is 2.00. The lowest BCUT2D eigenvalue weighted by molar-refractivity contribution is 0.931. The van der Waals surface area contributed by atoms with E-state index in [4.69, 9.17) is 29.6 Å². The third kappa shape index (κ3) is 1.55. The van der Waals surface area contributed by atoms with Gasteiger partial charge in [-0.3, -0.25) is 0 Å². The van der Waals surface area contributed by atoms with Gasteiger partial charge in [0, 0.05) is 10.0 Å². The number of terminal acetylenes is 1. The molecule has 2 rings (SSSR count). The zero-order valence-corrected chi connectivity index (χ0v) is 8.49. The van der Waals surface area contributed by atoms with E-state index in [0.29, 0.717) is 10.0 Å². The van der Waals surface area contributed by atoms with Crippen LogP contribution in [0.1, 0.15) is 18.4 Å². The normalized spacial score (nSPS) is 17.9. The molecule has 2 heteroatoms. The summed E-state index contributed by atoms with van der Waals surface area (Å²) in [4.78, 5) is 0. The first-order chi connectivity index (χ1) is 6.16. The first-order valence-corrected chi connectivity index (χ1v) is 4.86. The molecular weight excluding hydrogens is 203 g/mol. The van der Waals surface area contributed by atoms with Gasteiger partial charge in [-0.2, -0.15) is 0 Å². The van der Waals surface area contributed by atoms with Crippen molar-refractivity contribution in [1.29, 1.82) is 0 Å². The van der Waals surface area contributed by atoms with Crippen molar-refractivity contribution in [1.82, 2.24) is 0 Å². The van der Waals surface area contributed by atoms with Crippen molar-refractivity contribution in [2.75, 3.05) is 0 Å². The number of hydrogen-bond donors (Lipinski definition) is 0. The summed E-state index contributed by atoms with van der Waals surface area (Å²) in [7, 11) is 0. The van der Waals surface area contributed by atoms with Gasteiger partial charge in [0.2, 0.25) is 0 Å². The lowest BCUT2D eigenvalue weighted by Gasteiger charge is -2.08. The molecule has 13 heavy (non-hydrogen) atoms. The van der Waals surface area contributed by atoms with Crippen molar-refractivity contribution < 1.29 is 0 Å². The number of halogens is 2. The maximum Gasteiger partial charge on any atom is 0.0562 e. The van der Waals surface area contributed by atoms with E-state index < -0.39 is 0 Å². The van der Waals surface area contributed by atoms with Crippen molar-refractivity contribution >= 4 is 23.2 Å². The van der Waals surface area contributed by atoms with Crippen LogP contribution in [0, 0.1) is 12.3 Å². The van der Waals surface area contributed by atoms with Crippen LogP contribution in [-0.4, -0.2) is 0 Å². The van der Waals surface area contributed by atoms with E-state index in [-0.39, 0.29) is 5.41 Å². The summed E-state index contributed by atoms with van der Waals surface area (Å²) in [5.74, 6) is 2.81. The van der Waals surface area contributed by atoms with Gasteiger partial charge in [0.25, 0.3) is 0 Å². The minimum absolute atomic E-state index is 0.0749. The summed E-state index contributed by atoms with van der Waals surface area (Å²) in [5, 5.41) is 1.31. The fourth-order valence-electron chi connectivity index (χ4n) is 1.47. The zero-order chi connectivity index (χ0) is 9.47. The summed E-state index contributed by atoms with van der Waals surface area (Å²) >= 11 is 11.8. The molecule has 0 nitrogen and oxygen atoms in total. The Morgan fingerprint density at radius 1 is 1.15 bits per heavy atom. The standard InChI is InChI=1S/C11H8Cl2/c1-2-11(3-4-11)8-5-9(12)7-10(13)6-8/h1,5-7H,3-4H2. The van der Waals surface area contributed by atoms with Crippen LogP contribution in [0.2, 0.25) is 10.0 Å². The Morgan fingerprint density at radius 2 is 1.69 bits per heavy atom. The van der Waals surface area contributed by atoms with Crippen LogP contribution in [0.5, 0.6) is 0 Å². The Balaban J connectivity index is 2.48. The summed E-state index contributed by atoms with van der Waals surface area (Å²) in [5.41, 5.74) is 1.00. The van der Waals surface area contributed by atoms with E-state index in [2.05, 4.69) is 5.92 Å². The monoisotopic (exact) mass is 210 g/mol. The molecule has 66 valence electrons. The van der Waals surface area contributed by atoms with Crippen LogP contribution in [0.25, 0.3) is 0 Å². The molecule has 0 N–H and O–H groups in total. The minimum atomic E-state index is -0.0749. The number of rotatable bonds is 1. The topological polar surface area (TPSA) is 0 Å². The highest BCUT2D eigenvalue weighted by atomic mass is 35.5. The van der Waals surface area contributed by atoms with Crippen LogP contribution in [0.3, 0.4) is 0 Å². The van der Waals surface area contributed by atoms with E-state index in [0.717, 1.165) is 18.4 Å². The minimum Gasteiger partial charge on any atom is -0.119 e. The molecule has 0 saturated heterocycles. The summed E-state index contributed by atoms with van der Waals surface area (Å²) in [6, 6.07) is 5.53. The van der Waals surface area contributed by atoms with Crippen LogP contribution >= 0.6 is 23.2 Å². The fraction of sp³-hybridized carbons (Fsp3) is 0.273. The second-order valence-electron chi connectivity index (χ2n) is 3.38. The van der Waals surface area contributed by atoms with Gasteiger partial charge < -0.3 is 0 Å². The van der Waals surface area contributed by atoms with E-state index >= 15 is 0 Å². The SMILES string of the molecule is C#CC1(c2cc(Cl)cc(Cl)c2)CC1. The number of hydrogen-bond acceptors (Lipinski definition) is 0. The van der Waals surface area contributed by atoms with Gasteiger partial charge in [-0.05, 0) is 36.6 Å². The van der Waals surface area contributed by atoms with E-state index in [1.807, 2.05) is 12.1 Å². The predicted molar refractivity (Wildman–Crippen MR) is 56.2 cm³/mol. The average Bonchev–Trinajstić information content (AvgIpc) is 2.82. The lowest BCUT2D eigenvalue weighted by Crippen LogP contribution is -2.01. The largest absolute Gasteiger partial charge is 0.119 e. The molecule has 1 aliphatic carbocycles. The lowest BCUT2D eigenvalue weighted by atomic mass is 9.97. The van der Waals surface area contributed by atoms with Crippen LogP contribution in [-0.2, 0) is 5.41 Å². The molecule has 0 spiro atoms. The molecule has 0 unspecified atom stereocenters. The first kappa shape index (κ1) is 8.94. The molecule has 0 bridgehead atoms. The molecule has 0 amide bonds. The van der Waals surface area contributed by atoms with Crippen LogP contribution < -0.4 is 0 Å².